The van der Waals surface area contributed by atoms with Gasteiger partial charge in [-0.05, 0) is 41.7 Å². The molecule has 0 atom stereocenters. The Bertz CT molecular complexity index is 987. The Morgan fingerprint density at radius 2 is 1.86 bits per heavy atom. The first-order valence-electron chi connectivity index (χ1n) is 9.89. The Kier molecular flexibility index (Phi) is 6.32. The Balaban J connectivity index is 1.52. The van der Waals surface area contributed by atoms with E-state index in [1.807, 2.05) is 31.2 Å². The van der Waals surface area contributed by atoms with Crippen molar-refractivity contribution in [1.82, 2.24) is 15.0 Å². The zero-order valence-corrected chi connectivity index (χ0v) is 17.5. The van der Waals surface area contributed by atoms with Crippen LogP contribution in [-0.4, -0.2) is 28.1 Å². The number of anilines is 1. The minimum absolute atomic E-state index is 0.137. The summed E-state index contributed by atoms with van der Waals surface area (Å²) in [6.45, 7) is 9.72. The number of hydrogen-bond donors (Lipinski definition) is 2. The van der Waals surface area contributed by atoms with Gasteiger partial charge in [-0.3, -0.25) is 4.79 Å². The quantitative estimate of drug-likeness (QED) is 0.590. The summed E-state index contributed by atoms with van der Waals surface area (Å²) in [5.41, 5.74) is 2.81. The molecule has 152 valence electrons. The molecule has 0 amide bonds. The van der Waals surface area contributed by atoms with Crippen molar-refractivity contribution in [1.29, 1.82) is 0 Å². The van der Waals surface area contributed by atoms with Gasteiger partial charge in [-0.1, -0.05) is 39.8 Å². The summed E-state index contributed by atoms with van der Waals surface area (Å²) in [5, 5.41) is 3.23. The fourth-order valence-electron chi connectivity index (χ4n) is 2.86. The van der Waals surface area contributed by atoms with E-state index in [1.165, 1.54) is 11.6 Å². The summed E-state index contributed by atoms with van der Waals surface area (Å²) in [6.07, 6.45) is 2.41. The number of aromatic nitrogens is 3. The second kappa shape index (κ2) is 8.90. The summed E-state index contributed by atoms with van der Waals surface area (Å²) in [5.74, 6) is 2.14. The molecular formula is C23H28N4O2. The smallest absolute Gasteiger partial charge is 0.251 e. The predicted octanol–water partition coefficient (Wildman–Crippen LogP) is 4.18. The lowest BCUT2D eigenvalue weighted by atomic mass is 9.87. The normalized spacial score (nSPS) is 11.3. The van der Waals surface area contributed by atoms with Gasteiger partial charge in [0.15, 0.2) is 0 Å². The lowest BCUT2D eigenvalue weighted by Gasteiger charge is -2.19. The van der Waals surface area contributed by atoms with E-state index < -0.39 is 0 Å². The van der Waals surface area contributed by atoms with Crippen LogP contribution >= 0.6 is 0 Å². The fraction of sp³-hybridized carbons (Fsp3) is 0.348. The van der Waals surface area contributed by atoms with Crippen LogP contribution in [0, 0.1) is 0 Å². The van der Waals surface area contributed by atoms with Crippen molar-refractivity contribution in [2.24, 2.45) is 0 Å². The third-order valence-corrected chi connectivity index (χ3v) is 4.59. The van der Waals surface area contributed by atoms with Gasteiger partial charge >= 0.3 is 0 Å². The zero-order valence-electron chi connectivity index (χ0n) is 17.5. The second-order valence-electron chi connectivity index (χ2n) is 7.92. The van der Waals surface area contributed by atoms with Gasteiger partial charge in [-0.25, -0.2) is 9.97 Å². The summed E-state index contributed by atoms with van der Waals surface area (Å²) >= 11 is 0. The fourth-order valence-corrected chi connectivity index (χ4v) is 2.86. The number of rotatable bonds is 7. The molecule has 0 saturated heterocycles. The van der Waals surface area contributed by atoms with Crippen molar-refractivity contribution in [3.05, 3.63) is 70.3 Å². The average molecular weight is 393 g/mol. The molecule has 0 bridgehead atoms. The van der Waals surface area contributed by atoms with Crippen LogP contribution in [-0.2, 0) is 11.8 Å². The van der Waals surface area contributed by atoms with E-state index in [1.54, 1.807) is 6.20 Å². The van der Waals surface area contributed by atoms with Crippen LogP contribution in [0.5, 0.6) is 5.75 Å². The molecule has 2 aromatic heterocycles. The number of hydrogen-bond acceptors (Lipinski definition) is 5. The molecule has 0 fully saturated rings. The maximum atomic E-state index is 11.7. The molecule has 29 heavy (non-hydrogen) atoms. The number of nitrogens with zero attached hydrogens (tertiary/aromatic N) is 2. The average Bonchev–Trinajstić information content (AvgIpc) is 2.71. The van der Waals surface area contributed by atoms with Crippen LogP contribution in [0.2, 0.25) is 0 Å². The molecule has 0 spiro atoms. The maximum Gasteiger partial charge on any atom is 0.251 e. The highest BCUT2D eigenvalue weighted by molar-refractivity contribution is 5.55. The molecule has 6 nitrogen and oxygen atoms in total. The highest BCUT2D eigenvalue weighted by Gasteiger charge is 2.12. The lowest BCUT2D eigenvalue weighted by molar-refractivity contribution is 0.332. The highest BCUT2D eigenvalue weighted by Crippen LogP contribution is 2.24. The Hall–Kier alpha value is -3.15. The number of H-pyrrole nitrogens is 1. The van der Waals surface area contributed by atoms with Gasteiger partial charge in [-0.2, -0.15) is 0 Å². The standard InChI is InChI=1S/C23H28N4O2/c1-5-18-14-21(28)27-22(26-18)16-6-11-20(25-15-16)24-12-13-29-19-9-7-17(8-10-19)23(2,3)4/h6-11,14-15H,5,12-13H2,1-4H3,(H,24,25)(H,26,27,28). The molecule has 0 aliphatic heterocycles. The first-order valence-corrected chi connectivity index (χ1v) is 9.89. The van der Waals surface area contributed by atoms with Crippen LogP contribution in [0.25, 0.3) is 11.4 Å². The molecule has 1 aromatic carbocycles. The van der Waals surface area contributed by atoms with Crippen molar-refractivity contribution < 1.29 is 4.74 Å². The number of nitrogens with one attached hydrogen (secondary N) is 2. The van der Waals surface area contributed by atoms with Crippen LogP contribution in [0.1, 0.15) is 39.0 Å². The zero-order chi connectivity index (χ0) is 20.9. The van der Waals surface area contributed by atoms with E-state index in [-0.39, 0.29) is 11.0 Å². The molecular weight excluding hydrogens is 364 g/mol. The van der Waals surface area contributed by atoms with Gasteiger partial charge in [0.05, 0.1) is 6.54 Å². The number of pyridine rings is 1. The van der Waals surface area contributed by atoms with Crippen LogP contribution < -0.4 is 15.6 Å². The van der Waals surface area contributed by atoms with Crippen LogP contribution in [0.3, 0.4) is 0 Å². The summed E-state index contributed by atoms with van der Waals surface area (Å²) in [4.78, 5) is 23.3. The molecule has 0 aliphatic carbocycles. The molecule has 2 N–H and O–H groups in total. The van der Waals surface area contributed by atoms with E-state index in [4.69, 9.17) is 4.74 Å². The van der Waals surface area contributed by atoms with E-state index in [0.29, 0.717) is 25.4 Å². The minimum atomic E-state index is -0.151. The Labute approximate surface area is 171 Å². The first kappa shape index (κ1) is 20.6. The summed E-state index contributed by atoms with van der Waals surface area (Å²) in [7, 11) is 0. The van der Waals surface area contributed by atoms with Gasteiger partial charge in [0.25, 0.3) is 5.56 Å². The molecule has 6 heteroatoms. The largest absolute Gasteiger partial charge is 0.492 e. The lowest BCUT2D eigenvalue weighted by Crippen LogP contribution is -2.13. The highest BCUT2D eigenvalue weighted by atomic mass is 16.5. The van der Waals surface area contributed by atoms with Gasteiger partial charge in [-0.15, -0.1) is 0 Å². The topological polar surface area (TPSA) is 79.9 Å². The summed E-state index contributed by atoms with van der Waals surface area (Å²) in [6, 6.07) is 13.5. The molecule has 0 unspecified atom stereocenters. The van der Waals surface area contributed by atoms with Gasteiger partial charge in [0, 0.05) is 23.5 Å². The number of ether oxygens (including phenoxy) is 1. The SMILES string of the molecule is CCc1cc(=O)[nH]c(-c2ccc(NCCOc3ccc(C(C)(C)C)cc3)nc2)n1. The third-order valence-electron chi connectivity index (χ3n) is 4.59. The minimum Gasteiger partial charge on any atom is -0.492 e. The number of benzene rings is 1. The Morgan fingerprint density at radius 1 is 1.10 bits per heavy atom. The second-order valence-corrected chi connectivity index (χ2v) is 7.92. The van der Waals surface area contributed by atoms with Gasteiger partial charge < -0.3 is 15.0 Å². The molecule has 3 rings (SSSR count). The Morgan fingerprint density at radius 3 is 2.48 bits per heavy atom. The van der Waals surface area contributed by atoms with E-state index >= 15 is 0 Å². The first-order chi connectivity index (χ1) is 13.8. The molecule has 0 saturated carbocycles. The third kappa shape index (κ3) is 5.67. The number of aromatic amines is 1. The maximum absolute atomic E-state index is 11.7. The molecule has 2 heterocycles. The van der Waals surface area contributed by atoms with Crippen molar-refractivity contribution >= 4 is 5.82 Å². The van der Waals surface area contributed by atoms with E-state index in [9.17, 15) is 4.79 Å². The van der Waals surface area contributed by atoms with E-state index in [2.05, 4.69) is 53.2 Å². The van der Waals surface area contributed by atoms with Crippen LogP contribution in [0.4, 0.5) is 5.82 Å². The monoisotopic (exact) mass is 392 g/mol. The summed E-state index contributed by atoms with van der Waals surface area (Å²) < 4.78 is 5.79. The van der Waals surface area contributed by atoms with Crippen LogP contribution in [0.15, 0.2) is 53.5 Å². The molecule has 0 aliphatic rings. The van der Waals surface area contributed by atoms with Crippen molar-refractivity contribution in [3.63, 3.8) is 0 Å². The molecule has 0 radical (unpaired) electrons. The van der Waals surface area contributed by atoms with Gasteiger partial charge in [0.1, 0.15) is 24.0 Å². The predicted molar refractivity (Wildman–Crippen MR) is 117 cm³/mol. The molecule has 3 aromatic rings. The number of aryl methyl sites for hydroxylation is 1. The van der Waals surface area contributed by atoms with Crippen molar-refractivity contribution in [3.8, 4) is 17.1 Å². The van der Waals surface area contributed by atoms with Gasteiger partial charge in [0.2, 0.25) is 0 Å². The van der Waals surface area contributed by atoms with Crippen molar-refractivity contribution in [2.75, 3.05) is 18.5 Å². The van der Waals surface area contributed by atoms with E-state index in [0.717, 1.165) is 22.8 Å². The van der Waals surface area contributed by atoms with Crippen molar-refractivity contribution in [2.45, 2.75) is 39.5 Å².